The fraction of sp³-hybridized carbons (Fsp3) is 0.0909. The second-order valence-corrected chi connectivity index (χ2v) is 3.16. The minimum atomic E-state index is -0.103. The lowest BCUT2D eigenvalue weighted by atomic mass is 10.1. The largest absolute Gasteiger partial charge is 0.346 e. The van der Waals surface area contributed by atoms with Gasteiger partial charge in [-0.05, 0) is 18.6 Å². The molecule has 0 bridgehead atoms. The second-order valence-electron chi connectivity index (χ2n) is 3.16. The molecule has 0 atom stereocenters. The molecule has 3 heteroatoms. The van der Waals surface area contributed by atoms with Crippen molar-refractivity contribution in [3.63, 3.8) is 0 Å². The number of nitriles is 1. The van der Waals surface area contributed by atoms with Crippen LogP contribution in [0.3, 0.4) is 0 Å². The molecule has 0 unspecified atom stereocenters. The van der Waals surface area contributed by atoms with Crippen LogP contribution in [0.25, 0.3) is 10.9 Å². The van der Waals surface area contributed by atoms with E-state index in [4.69, 9.17) is 5.26 Å². The van der Waals surface area contributed by atoms with Crippen molar-refractivity contribution in [2.45, 2.75) is 6.92 Å². The molecule has 2 aromatic rings. The van der Waals surface area contributed by atoms with Gasteiger partial charge in [-0.25, -0.2) is 0 Å². The summed E-state index contributed by atoms with van der Waals surface area (Å²) in [6.45, 7) is 1.88. The zero-order chi connectivity index (χ0) is 10.1. The molecule has 3 nitrogen and oxygen atoms in total. The average Bonchev–Trinajstić information content (AvgIpc) is 2.17. The van der Waals surface area contributed by atoms with Crippen LogP contribution in [-0.4, -0.2) is 4.98 Å². The number of aryl methyl sites for hydroxylation is 1. The van der Waals surface area contributed by atoms with E-state index in [1.807, 2.05) is 25.1 Å². The first-order chi connectivity index (χ1) is 6.72. The van der Waals surface area contributed by atoms with Crippen LogP contribution >= 0.6 is 0 Å². The minimum absolute atomic E-state index is 0.103. The summed E-state index contributed by atoms with van der Waals surface area (Å²) < 4.78 is 0. The zero-order valence-corrected chi connectivity index (χ0v) is 7.66. The van der Waals surface area contributed by atoms with E-state index in [2.05, 4.69) is 4.98 Å². The predicted octanol–water partition coefficient (Wildman–Crippen LogP) is 1.71. The Bertz CT molecular complexity index is 590. The summed E-state index contributed by atoms with van der Waals surface area (Å²) in [5.74, 6) is 0. The Morgan fingerprint density at radius 1 is 1.43 bits per heavy atom. The standard InChI is InChI=1S/C11H8N2O/c1-7-3-2-4-9-11(7)10(14)5-8(6-12)13-9/h2-5H,1H3,(H,13,14). The van der Waals surface area contributed by atoms with E-state index in [-0.39, 0.29) is 5.43 Å². The van der Waals surface area contributed by atoms with E-state index < -0.39 is 0 Å². The van der Waals surface area contributed by atoms with Gasteiger partial charge in [0.25, 0.3) is 0 Å². The molecule has 0 aliphatic carbocycles. The van der Waals surface area contributed by atoms with Gasteiger partial charge in [-0.1, -0.05) is 12.1 Å². The van der Waals surface area contributed by atoms with Crippen molar-refractivity contribution in [1.29, 1.82) is 5.26 Å². The number of aromatic amines is 1. The number of aromatic nitrogens is 1. The number of nitrogens with zero attached hydrogens (tertiary/aromatic N) is 1. The van der Waals surface area contributed by atoms with Gasteiger partial charge in [0.2, 0.25) is 0 Å². The summed E-state index contributed by atoms with van der Waals surface area (Å²) in [6.07, 6.45) is 0. The highest BCUT2D eigenvalue weighted by molar-refractivity contribution is 5.82. The molecule has 0 aliphatic heterocycles. The predicted molar refractivity (Wildman–Crippen MR) is 54.0 cm³/mol. The van der Waals surface area contributed by atoms with Crippen molar-refractivity contribution >= 4 is 10.9 Å². The Hall–Kier alpha value is -2.08. The molecule has 0 spiro atoms. The summed E-state index contributed by atoms with van der Waals surface area (Å²) in [7, 11) is 0. The average molecular weight is 184 g/mol. The van der Waals surface area contributed by atoms with Gasteiger partial charge in [0.05, 0.1) is 5.52 Å². The van der Waals surface area contributed by atoms with Crippen LogP contribution in [0.15, 0.2) is 29.1 Å². The number of fused-ring (bicyclic) bond motifs is 1. The lowest BCUT2D eigenvalue weighted by Crippen LogP contribution is -2.04. The molecular weight excluding hydrogens is 176 g/mol. The van der Waals surface area contributed by atoms with Crippen LogP contribution in [0.4, 0.5) is 0 Å². The van der Waals surface area contributed by atoms with Gasteiger partial charge >= 0.3 is 0 Å². The SMILES string of the molecule is Cc1cccc2[nH]c(C#N)cc(=O)c12. The van der Waals surface area contributed by atoms with Gasteiger partial charge in [0, 0.05) is 11.5 Å². The number of benzene rings is 1. The van der Waals surface area contributed by atoms with Crippen LogP contribution < -0.4 is 5.43 Å². The van der Waals surface area contributed by atoms with Gasteiger partial charge in [-0.15, -0.1) is 0 Å². The van der Waals surface area contributed by atoms with Gasteiger partial charge in [0.1, 0.15) is 11.8 Å². The molecule has 0 saturated heterocycles. The highest BCUT2D eigenvalue weighted by Gasteiger charge is 2.03. The van der Waals surface area contributed by atoms with Crippen LogP contribution in [-0.2, 0) is 0 Å². The third kappa shape index (κ3) is 1.17. The number of nitrogens with one attached hydrogen (secondary N) is 1. The van der Waals surface area contributed by atoms with Gasteiger partial charge in [-0.2, -0.15) is 5.26 Å². The van der Waals surface area contributed by atoms with Crippen molar-refractivity contribution in [1.82, 2.24) is 4.98 Å². The molecular formula is C11H8N2O. The number of hydrogen-bond acceptors (Lipinski definition) is 2. The van der Waals surface area contributed by atoms with Crippen molar-refractivity contribution in [3.05, 3.63) is 45.7 Å². The van der Waals surface area contributed by atoms with E-state index >= 15 is 0 Å². The van der Waals surface area contributed by atoms with E-state index in [9.17, 15) is 4.79 Å². The first kappa shape index (κ1) is 8.52. The van der Waals surface area contributed by atoms with Gasteiger partial charge in [-0.3, -0.25) is 4.79 Å². The summed E-state index contributed by atoms with van der Waals surface area (Å²) in [5.41, 5.74) is 1.84. The third-order valence-corrected chi connectivity index (χ3v) is 2.18. The first-order valence-corrected chi connectivity index (χ1v) is 4.25. The summed E-state index contributed by atoms with van der Waals surface area (Å²) in [6, 6.07) is 8.78. The Balaban J connectivity index is 2.99. The summed E-state index contributed by atoms with van der Waals surface area (Å²) in [4.78, 5) is 14.5. The van der Waals surface area contributed by atoms with E-state index in [0.717, 1.165) is 5.56 Å². The zero-order valence-electron chi connectivity index (χ0n) is 7.66. The molecule has 0 aliphatic rings. The van der Waals surface area contributed by atoms with Crippen molar-refractivity contribution < 1.29 is 0 Å². The lowest BCUT2D eigenvalue weighted by Gasteiger charge is -2.00. The number of pyridine rings is 1. The third-order valence-electron chi connectivity index (χ3n) is 2.18. The maximum absolute atomic E-state index is 11.6. The summed E-state index contributed by atoms with van der Waals surface area (Å²) in [5, 5.41) is 9.33. The fourth-order valence-corrected chi connectivity index (χ4v) is 1.54. The quantitative estimate of drug-likeness (QED) is 0.677. The second kappa shape index (κ2) is 3.00. The van der Waals surface area contributed by atoms with Crippen molar-refractivity contribution in [2.75, 3.05) is 0 Å². The van der Waals surface area contributed by atoms with E-state index in [0.29, 0.717) is 16.6 Å². The Kier molecular flexibility index (Phi) is 1.83. The Morgan fingerprint density at radius 2 is 2.21 bits per heavy atom. The minimum Gasteiger partial charge on any atom is -0.346 e. The number of H-pyrrole nitrogens is 1. The highest BCUT2D eigenvalue weighted by Crippen LogP contribution is 2.11. The number of hydrogen-bond donors (Lipinski definition) is 1. The fourth-order valence-electron chi connectivity index (χ4n) is 1.54. The molecule has 1 aromatic carbocycles. The van der Waals surface area contributed by atoms with E-state index in [1.54, 1.807) is 6.07 Å². The van der Waals surface area contributed by atoms with Crippen LogP contribution in [0.5, 0.6) is 0 Å². The normalized spacial score (nSPS) is 10.0. The topological polar surface area (TPSA) is 56.6 Å². The molecule has 2 rings (SSSR count). The molecule has 1 N–H and O–H groups in total. The van der Waals surface area contributed by atoms with Crippen molar-refractivity contribution in [3.8, 4) is 6.07 Å². The Labute approximate surface area is 80.6 Å². The number of rotatable bonds is 0. The molecule has 1 aromatic heterocycles. The van der Waals surface area contributed by atoms with Gasteiger partial charge < -0.3 is 4.98 Å². The monoisotopic (exact) mass is 184 g/mol. The maximum Gasteiger partial charge on any atom is 0.191 e. The van der Waals surface area contributed by atoms with Crippen LogP contribution in [0.1, 0.15) is 11.3 Å². The highest BCUT2D eigenvalue weighted by atomic mass is 16.1. The van der Waals surface area contributed by atoms with Crippen LogP contribution in [0, 0.1) is 18.3 Å². The molecule has 14 heavy (non-hydrogen) atoms. The molecule has 68 valence electrons. The first-order valence-electron chi connectivity index (χ1n) is 4.25. The lowest BCUT2D eigenvalue weighted by molar-refractivity contribution is 1.30. The Morgan fingerprint density at radius 3 is 2.93 bits per heavy atom. The van der Waals surface area contributed by atoms with Crippen LogP contribution in [0.2, 0.25) is 0 Å². The summed E-state index contributed by atoms with van der Waals surface area (Å²) >= 11 is 0. The smallest absolute Gasteiger partial charge is 0.191 e. The molecule has 0 radical (unpaired) electrons. The molecule has 0 fully saturated rings. The van der Waals surface area contributed by atoms with Crippen molar-refractivity contribution in [2.24, 2.45) is 0 Å². The molecule has 1 heterocycles. The van der Waals surface area contributed by atoms with Gasteiger partial charge in [0.15, 0.2) is 5.43 Å². The maximum atomic E-state index is 11.6. The molecule has 0 amide bonds. The molecule has 0 saturated carbocycles. The van der Waals surface area contributed by atoms with E-state index in [1.165, 1.54) is 6.07 Å².